The van der Waals surface area contributed by atoms with E-state index in [-0.39, 0.29) is 6.10 Å². The Kier molecular flexibility index (Phi) is 6.44. The molecule has 1 aromatic rings. The Bertz CT molecular complexity index is 581. The summed E-state index contributed by atoms with van der Waals surface area (Å²) in [4.78, 5) is 2.24. The van der Waals surface area contributed by atoms with Crippen LogP contribution >= 0.6 is 27.3 Å². The molecule has 8 heteroatoms. The third kappa shape index (κ3) is 4.52. The standard InChI is InChI=1S/C14H23BrN2O3S2/c1-11(18)9-17-6-3-12(4-7-17)10-16(2)22(19,20)14-13(15)5-8-21-14/h5,8,11-12,18H,3-4,6-7,9-10H2,1-2H3. The Morgan fingerprint density at radius 1 is 1.50 bits per heavy atom. The second kappa shape index (κ2) is 7.72. The van der Waals surface area contributed by atoms with Crippen molar-refractivity contribution in [3.05, 3.63) is 15.9 Å². The van der Waals surface area contributed by atoms with Gasteiger partial charge in [0.2, 0.25) is 0 Å². The van der Waals surface area contributed by atoms with Crippen molar-refractivity contribution in [2.45, 2.75) is 30.1 Å². The minimum Gasteiger partial charge on any atom is -0.392 e. The van der Waals surface area contributed by atoms with Crippen LogP contribution in [0.3, 0.4) is 0 Å². The molecule has 0 radical (unpaired) electrons. The summed E-state index contributed by atoms with van der Waals surface area (Å²) in [5, 5.41) is 11.2. The Morgan fingerprint density at radius 2 is 2.14 bits per heavy atom. The number of β-amino-alcohol motifs (C(OH)–C–C–N with tert-alkyl or cyclic N) is 1. The Balaban J connectivity index is 1.91. The maximum absolute atomic E-state index is 12.6. The predicted octanol–water partition coefficient (Wildman–Crippen LogP) is 2.22. The van der Waals surface area contributed by atoms with E-state index in [1.54, 1.807) is 25.4 Å². The third-order valence-corrected chi connectivity index (χ3v) is 8.44. The van der Waals surface area contributed by atoms with Gasteiger partial charge in [-0.05, 0) is 66.1 Å². The van der Waals surface area contributed by atoms with Crippen LogP contribution in [-0.2, 0) is 10.0 Å². The molecule has 0 amide bonds. The van der Waals surface area contributed by atoms with Gasteiger partial charge in [0.15, 0.2) is 0 Å². The molecule has 0 saturated carbocycles. The normalized spacial score (nSPS) is 19.7. The van der Waals surface area contributed by atoms with Crippen LogP contribution in [0.4, 0.5) is 0 Å². The molecule has 5 nitrogen and oxygen atoms in total. The molecule has 2 heterocycles. The van der Waals surface area contributed by atoms with Crippen molar-refractivity contribution in [3.63, 3.8) is 0 Å². The molecule has 0 aliphatic carbocycles. The molecule has 0 bridgehead atoms. The minimum atomic E-state index is -3.41. The summed E-state index contributed by atoms with van der Waals surface area (Å²) in [6, 6.07) is 1.76. The van der Waals surface area contributed by atoms with Gasteiger partial charge in [-0.2, -0.15) is 4.31 Å². The molecule has 0 aromatic carbocycles. The van der Waals surface area contributed by atoms with Gasteiger partial charge in [-0.3, -0.25) is 0 Å². The van der Waals surface area contributed by atoms with E-state index in [9.17, 15) is 13.5 Å². The number of sulfonamides is 1. The average Bonchev–Trinajstić information content (AvgIpc) is 2.87. The third-order valence-electron chi connectivity index (χ3n) is 3.97. The molecule has 126 valence electrons. The number of nitrogens with zero attached hydrogens (tertiary/aromatic N) is 2. The maximum Gasteiger partial charge on any atom is 0.253 e. The molecule has 22 heavy (non-hydrogen) atoms. The van der Waals surface area contributed by atoms with Crippen molar-refractivity contribution in [2.24, 2.45) is 5.92 Å². The van der Waals surface area contributed by atoms with Gasteiger partial charge in [0.1, 0.15) is 4.21 Å². The van der Waals surface area contributed by atoms with Crippen LogP contribution in [0.1, 0.15) is 19.8 Å². The topological polar surface area (TPSA) is 60.9 Å². The first-order valence-corrected chi connectivity index (χ1v) is 10.5. The lowest BCUT2D eigenvalue weighted by atomic mass is 9.97. The van der Waals surface area contributed by atoms with Crippen LogP contribution in [0.15, 0.2) is 20.1 Å². The van der Waals surface area contributed by atoms with Gasteiger partial charge in [0.25, 0.3) is 10.0 Å². The SMILES string of the molecule is CC(O)CN1CCC(CN(C)S(=O)(=O)c2sccc2Br)CC1. The lowest BCUT2D eigenvalue weighted by Gasteiger charge is -2.34. The van der Waals surface area contributed by atoms with E-state index < -0.39 is 10.0 Å². The molecular weight excluding hydrogens is 388 g/mol. The highest BCUT2D eigenvalue weighted by molar-refractivity contribution is 9.10. The van der Waals surface area contributed by atoms with Gasteiger partial charge >= 0.3 is 0 Å². The summed E-state index contributed by atoms with van der Waals surface area (Å²) in [6.45, 7) is 4.89. The lowest BCUT2D eigenvalue weighted by molar-refractivity contribution is 0.0972. The van der Waals surface area contributed by atoms with Gasteiger partial charge in [0, 0.05) is 24.6 Å². The summed E-state index contributed by atoms with van der Waals surface area (Å²) in [5.41, 5.74) is 0. The number of thiophene rings is 1. The Hall–Kier alpha value is 0.01000. The van der Waals surface area contributed by atoms with Crippen LogP contribution in [0.5, 0.6) is 0 Å². The minimum absolute atomic E-state index is 0.309. The molecule has 1 aromatic heterocycles. The Morgan fingerprint density at radius 3 is 2.64 bits per heavy atom. The molecule has 0 spiro atoms. The monoisotopic (exact) mass is 410 g/mol. The molecule has 1 fully saturated rings. The van der Waals surface area contributed by atoms with Gasteiger partial charge in [-0.1, -0.05) is 0 Å². The second-order valence-corrected chi connectivity index (χ2v) is 9.95. The predicted molar refractivity (Wildman–Crippen MR) is 92.7 cm³/mol. The first-order chi connectivity index (χ1) is 10.3. The summed E-state index contributed by atoms with van der Waals surface area (Å²) in [5.74, 6) is 0.378. The zero-order valence-electron chi connectivity index (χ0n) is 12.9. The number of hydrogen-bond donors (Lipinski definition) is 1. The summed E-state index contributed by atoms with van der Waals surface area (Å²) < 4.78 is 27.6. The fourth-order valence-electron chi connectivity index (χ4n) is 2.79. The smallest absolute Gasteiger partial charge is 0.253 e. The number of aliphatic hydroxyl groups excluding tert-OH is 1. The second-order valence-electron chi connectivity index (χ2n) is 5.93. The number of likely N-dealkylation sites (tertiary alicyclic amines) is 1. The van der Waals surface area contributed by atoms with Crippen LogP contribution in [0.25, 0.3) is 0 Å². The zero-order valence-corrected chi connectivity index (χ0v) is 16.1. The molecule has 1 atom stereocenters. The van der Waals surface area contributed by atoms with E-state index in [1.165, 1.54) is 15.6 Å². The summed E-state index contributed by atoms with van der Waals surface area (Å²) in [6.07, 6.45) is 1.63. The average molecular weight is 411 g/mol. The number of piperidine rings is 1. The van der Waals surface area contributed by atoms with Crippen LogP contribution in [0.2, 0.25) is 0 Å². The van der Waals surface area contributed by atoms with Crippen molar-refractivity contribution in [1.82, 2.24) is 9.21 Å². The van der Waals surface area contributed by atoms with E-state index in [0.717, 1.165) is 25.9 Å². The van der Waals surface area contributed by atoms with Gasteiger partial charge < -0.3 is 10.0 Å². The molecular formula is C14H23BrN2O3S2. The van der Waals surface area contributed by atoms with E-state index >= 15 is 0 Å². The maximum atomic E-state index is 12.6. The highest BCUT2D eigenvalue weighted by atomic mass is 79.9. The van der Waals surface area contributed by atoms with Crippen molar-refractivity contribution in [2.75, 3.05) is 33.2 Å². The highest BCUT2D eigenvalue weighted by Crippen LogP contribution is 2.30. The fraction of sp³-hybridized carbons (Fsp3) is 0.714. The van der Waals surface area contributed by atoms with Gasteiger partial charge in [-0.15, -0.1) is 11.3 Å². The largest absolute Gasteiger partial charge is 0.392 e. The number of halogens is 1. The molecule has 1 N–H and O–H groups in total. The first kappa shape index (κ1) is 18.4. The van der Waals surface area contributed by atoms with Crippen molar-refractivity contribution in [1.29, 1.82) is 0 Å². The van der Waals surface area contributed by atoms with Crippen molar-refractivity contribution in [3.8, 4) is 0 Å². The van der Waals surface area contributed by atoms with Gasteiger partial charge in [0.05, 0.1) is 6.10 Å². The molecule has 1 saturated heterocycles. The molecule has 1 unspecified atom stereocenters. The first-order valence-electron chi connectivity index (χ1n) is 7.40. The van der Waals surface area contributed by atoms with E-state index in [1.807, 2.05) is 0 Å². The highest BCUT2D eigenvalue weighted by Gasteiger charge is 2.28. The lowest BCUT2D eigenvalue weighted by Crippen LogP contribution is -2.41. The van der Waals surface area contributed by atoms with Crippen molar-refractivity contribution < 1.29 is 13.5 Å². The van der Waals surface area contributed by atoms with E-state index in [2.05, 4.69) is 20.8 Å². The number of aliphatic hydroxyl groups is 1. The molecule has 1 aliphatic heterocycles. The number of hydrogen-bond acceptors (Lipinski definition) is 5. The van der Waals surface area contributed by atoms with Gasteiger partial charge in [-0.25, -0.2) is 8.42 Å². The fourth-order valence-corrected chi connectivity index (χ4v) is 6.54. The van der Waals surface area contributed by atoms with Crippen LogP contribution in [-0.4, -0.2) is 62.1 Å². The van der Waals surface area contributed by atoms with E-state index in [4.69, 9.17) is 0 Å². The van der Waals surface area contributed by atoms with Crippen molar-refractivity contribution >= 4 is 37.3 Å². The Labute approximate surface area is 145 Å². The zero-order chi connectivity index (χ0) is 16.3. The molecule has 1 aliphatic rings. The van der Waals surface area contributed by atoms with Crippen LogP contribution < -0.4 is 0 Å². The summed E-state index contributed by atoms with van der Waals surface area (Å²) in [7, 11) is -1.75. The van der Waals surface area contributed by atoms with E-state index in [0.29, 0.717) is 27.7 Å². The number of rotatable bonds is 6. The quantitative estimate of drug-likeness (QED) is 0.780. The van der Waals surface area contributed by atoms with Crippen LogP contribution in [0, 0.1) is 5.92 Å². The summed E-state index contributed by atoms with van der Waals surface area (Å²) >= 11 is 4.54. The molecule has 2 rings (SSSR count).